The van der Waals surface area contributed by atoms with Gasteiger partial charge in [0.05, 0.1) is 11.0 Å². The van der Waals surface area contributed by atoms with Crippen molar-refractivity contribution in [2.45, 2.75) is 19.8 Å². The average molecular weight is 295 g/mol. The van der Waals surface area contributed by atoms with Crippen molar-refractivity contribution in [2.75, 3.05) is 19.6 Å². The van der Waals surface area contributed by atoms with Crippen molar-refractivity contribution in [1.29, 1.82) is 0 Å². The maximum Gasteiger partial charge on any atom is 0.285 e. The third-order valence-corrected chi connectivity index (χ3v) is 3.89. The molecular formula is C14H18FN3O3. The molecule has 1 amide bonds. The van der Waals surface area contributed by atoms with E-state index in [4.69, 9.17) is 0 Å². The van der Waals surface area contributed by atoms with Crippen LogP contribution in [0.1, 0.15) is 30.1 Å². The van der Waals surface area contributed by atoms with Crippen molar-refractivity contribution in [2.24, 2.45) is 5.41 Å². The highest BCUT2D eigenvalue weighted by atomic mass is 19.1. The second kappa shape index (κ2) is 6.17. The fraction of sp³-hybridized carbons (Fsp3) is 0.500. The predicted molar refractivity (Wildman–Crippen MR) is 75.6 cm³/mol. The highest BCUT2D eigenvalue weighted by Gasteiger charge is 2.28. The minimum Gasteiger partial charge on any atom is -0.351 e. The number of piperidine rings is 1. The van der Waals surface area contributed by atoms with Crippen molar-refractivity contribution < 1.29 is 14.1 Å². The van der Waals surface area contributed by atoms with Crippen LogP contribution < -0.4 is 10.6 Å². The number of hydrogen-bond donors (Lipinski definition) is 2. The van der Waals surface area contributed by atoms with Crippen LogP contribution in [0.2, 0.25) is 0 Å². The number of carbonyl (C=O) groups excluding carboxylic acids is 1. The van der Waals surface area contributed by atoms with E-state index in [0.717, 1.165) is 44.1 Å². The number of hydrogen-bond acceptors (Lipinski definition) is 4. The maximum atomic E-state index is 13.1. The van der Waals surface area contributed by atoms with Crippen LogP contribution in [-0.4, -0.2) is 30.5 Å². The van der Waals surface area contributed by atoms with Crippen molar-refractivity contribution in [3.8, 4) is 0 Å². The quantitative estimate of drug-likeness (QED) is 0.656. The van der Waals surface area contributed by atoms with Crippen LogP contribution in [0.15, 0.2) is 18.2 Å². The molecule has 0 radical (unpaired) electrons. The number of carbonyl (C=O) groups is 1. The Bertz CT molecular complexity index is 556. The lowest BCUT2D eigenvalue weighted by atomic mass is 9.81. The standard InChI is InChI=1S/C14H18FN3O3/c1-14(4-6-16-7-5-14)9-17-13(19)11-3-2-10(15)8-12(11)18(20)21/h2-3,8,16H,4-7,9H2,1H3,(H,17,19). The molecule has 0 unspecified atom stereocenters. The Kier molecular flexibility index (Phi) is 4.52. The number of rotatable bonds is 4. The van der Waals surface area contributed by atoms with Crippen molar-refractivity contribution in [3.63, 3.8) is 0 Å². The van der Waals surface area contributed by atoms with Gasteiger partial charge in [-0.2, -0.15) is 0 Å². The van der Waals surface area contributed by atoms with Gasteiger partial charge in [-0.1, -0.05) is 6.92 Å². The summed E-state index contributed by atoms with van der Waals surface area (Å²) in [4.78, 5) is 22.3. The molecule has 0 saturated carbocycles. The van der Waals surface area contributed by atoms with Gasteiger partial charge >= 0.3 is 0 Å². The van der Waals surface area contributed by atoms with Gasteiger partial charge in [0.15, 0.2) is 0 Å². The Morgan fingerprint density at radius 2 is 2.14 bits per heavy atom. The molecule has 0 aromatic heterocycles. The Morgan fingerprint density at radius 1 is 1.48 bits per heavy atom. The van der Waals surface area contributed by atoms with E-state index in [9.17, 15) is 19.3 Å². The first-order chi connectivity index (χ1) is 9.91. The van der Waals surface area contributed by atoms with E-state index in [2.05, 4.69) is 17.6 Å². The predicted octanol–water partition coefficient (Wildman–Crippen LogP) is 1.85. The van der Waals surface area contributed by atoms with Crippen LogP contribution in [0.3, 0.4) is 0 Å². The number of nitrogens with one attached hydrogen (secondary N) is 2. The molecule has 1 saturated heterocycles. The van der Waals surface area contributed by atoms with Crippen LogP contribution in [0, 0.1) is 21.3 Å². The Balaban J connectivity index is 2.08. The monoisotopic (exact) mass is 295 g/mol. The molecule has 21 heavy (non-hydrogen) atoms. The summed E-state index contributed by atoms with van der Waals surface area (Å²) in [6, 6.07) is 2.96. The molecule has 7 heteroatoms. The Hall–Kier alpha value is -2.02. The van der Waals surface area contributed by atoms with Gasteiger partial charge in [-0.25, -0.2) is 4.39 Å². The van der Waals surface area contributed by atoms with E-state index < -0.39 is 22.3 Å². The van der Waals surface area contributed by atoms with Crippen molar-refractivity contribution >= 4 is 11.6 Å². The van der Waals surface area contributed by atoms with Crippen molar-refractivity contribution in [3.05, 3.63) is 39.7 Å². The van der Waals surface area contributed by atoms with Gasteiger partial charge in [-0.15, -0.1) is 0 Å². The van der Waals surface area contributed by atoms with Gasteiger partial charge in [0.2, 0.25) is 0 Å². The highest BCUT2D eigenvalue weighted by molar-refractivity contribution is 5.98. The van der Waals surface area contributed by atoms with E-state index in [1.54, 1.807) is 0 Å². The smallest absolute Gasteiger partial charge is 0.285 e. The normalized spacial score (nSPS) is 17.2. The first-order valence-corrected chi connectivity index (χ1v) is 6.84. The second-order valence-electron chi connectivity index (χ2n) is 5.66. The zero-order valence-corrected chi connectivity index (χ0v) is 11.8. The molecule has 1 heterocycles. The summed E-state index contributed by atoms with van der Waals surface area (Å²) in [5, 5.41) is 16.9. The van der Waals surface area contributed by atoms with Gasteiger partial charge < -0.3 is 10.6 Å². The molecule has 1 aliphatic rings. The molecule has 6 nitrogen and oxygen atoms in total. The molecule has 114 valence electrons. The summed E-state index contributed by atoms with van der Waals surface area (Å²) in [5.41, 5.74) is -0.641. The van der Waals surface area contributed by atoms with E-state index in [-0.39, 0.29) is 11.0 Å². The zero-order chi connectivity index (χ0) is 15.5. The topological polar surface area (TPSA) is 84.3 Å². The lowest BCUT2D eigenvalue weighted by Crippen LogP contribution is -2.43. The van der Waals surface area contributed by atoms with Crippen LogP contribution in [0.5, 0.6) is 0 Å². The minimum atomic E-state index is -0.746. The SMILES string of the molecule is CC1(CNC(=O)c2ccc(F)cc2[N+](=O)[O-])CCNCC1. The van der Waals surface area contributed by atoms with E-state index in [0.29, 0.717) is 6.54 Å². The molecule has 0 spiro atoms. The summed E-state index contributed by atoms with van der Waals surface area (Å²) in [7, 11) is 0. The first kappa shape index (κ1) is 15.4. The van der Waals surface area contributed by atoms with Crippen LogP contribution in [-0.2, 0) is 0 Å². The van der Waals surface area contributed by atoms with E-state index in [1.165, 1.54) is 0 Å². The van der Waals surface area contributed by atoms with E-state index >= 15 is 0 Å². The van der Waals surface area contributed by atoms with Gasteiger partial charge in [0.25, 0.3) is 11.6 Å². The molecule has 2 N–H and O–H groups in total. The van der Waals surface area contributed by atoms with Gasteiger partial charge in [-0.05, 0) is 43.5 Å². The fourth-order valence-corrected chi connectivity index (χ4v) is 2.44. The van der Waals surface area contributed by atoms with E-state index in [1.807, 2.05) is 0 Å². The van der Waals surface area contributed by atoms with Gasteiger partial charge in [0, 0.05) is 6.54 Å². The third-order valence-electron chi connectivity index (χ3n) is 3.89. The zero-order valence-electron chi connectivity index (χ0n) is 11.8. The van der Waals surface area contributed by atoms with Crippen LogP contribution >= 0.6 is 0 Å². The Labute approximate surface area is 121 Å². The lowest BCUT2D eigenvalue weighted by Gasteiger charge is -2.34. The summed E-state index contributed by atoms with van der Waals surface area (Å²) >= 11 is 0. The summed E-state index contributed by atoms with van der Waals surface area (Å²) in [6.07, 6.45) is 1.86. The van der Waals surface area contributed by atoms with Crippen LogP contribution in [0.25, 0.3) is 0 Å². The summed E-state index contributed by atoms with van der Waals surface area (Å²) in [5.74, 6) is -1.27. The molecular weight excluding hydrogens is 277 g/mol. The minimum absolute atomic E-state index is 0.0181. The van der Waals surface area contributed by atoms with Gasteiger partial charge in [-0.3, -0.25) is 14.9 Å². The summed E-state index contributed by atoms with van der Waals surface area (Å²) < 4.78 is 13.1. The maximum absolute atomic E-state index is 13.1. The summed E-state index contributed by atoms with van der Waals surface area (Å²) in [6.45, 7) is 4.31. The molecule has 1 aromatic carbocycles. The molecule has 1 aliphatic heterocycles. The van der Waals surface area contributed by atoms with Crippen LogP contribution in [0.4, 0.5) is 10.1 Å². The number of nitro benzene ring substituents is 1. The third kappa shape index (κ3) is 3.75. The molecule has 2 rings (SSSR count). The van der Waals surface area contributed by atoms with Crippen molar-refractivity contribution in [1.82, 2.24) is 10.6 Å². The number of benzene rings is 1. The lowest BCUT2D eigenvalue weighted by molar-refractivity contribution is -0.385. The molecule has 0 aliphatic carbocycles. The second-order valence-corrected chi connectivity index (χ2v) is 5.66. The van der Waals surface area contributed by atoms with Gasteiger partial charge in [0.1, 0.15) is 11.4 Å². The Morgan fingerprint density at radius 3 is 2.76 bits per heavy atom. The molecule has 1 aromatic rings. The number of halogens is 1. The average Bonchev–Trinajstić information content (AvgIpc) is 2.45. The fourth-order valence-electron chi connectivity index (χ4n) is 2.44. The highest BCUT2D eigenvalue weighted by Crippen LogP contribution is 2.27. The molecule has 1 fully saturated rings. The number of amides is 1. The molecule has 0 atom stereocenters. The largest absolute Gasteiger partial charge is 0.351 e. The number of nitrogens with zero attached hydrogens (tertiary/aromatic N) is 1. The first-order valence-electron chi connectivity index (χ1n) is 6.84. The number of nitro groups is 1. The molecule has 0 bridgehead atoms.